The molecule has 3 rings (SSSR count). The molecule has 1 aromatic heterocycles. The molecule has 2 amide bonds. The van der Waals surface area contributed by atoms with E-state index in [-0.39, 0.29) is 24.3 Å². The summed E-state index contributed by atoms with van der Waals surface area (Å²) in [6.45, 7) is 3.44. The highest BCUT2D eigenvalue weighted by Crippen LogP contribution is 2.33. The number of ether oxygens (including phenoxy) is 1. The predicted molar refractivity (Wildman–Crippen MR) is 98.5 cm³/mol. The SMILES string of the molecule is CCc1nc(NC(=O)CN2C(=O)[C@H](C)Oc3ccccc32)nc(SC)n1. The third kappa shape index (κ3) is 3.77. The van der Waals surface area contributed by atoms with Crippen molar-refractivity contribution in [2.75, 3.05) is 23.0 Å². The molecule has 0 bridgehead atoms. The molecular formula is C17H19N5O3S. The van der Waals surface area contributed by atoms with Gasteiger partial charge in [-0.1, -0.05) is 30.8 Å². The minimum atomic E-state index is -0.648. The topological polar surface area (TPSA) is 97.3 Å². The first-order valence-electron chi connectivity index (χ1n) is 8.17. The Morgan fingerprint density at radius 2 is 2.08 bits per heavy atom. The van der Waals surface area contributed by atoms with Crippen LogP contribution in [0.4, 0.5) is 11.6 Å². The van der Waals surface area contributed by atoms with Crippen molar-refractivity contribution in [1.29, 1.82) is 0 Å². The first kappa shape index (κ1) is 18.1. The summed E-state index contributed by atoms with van der Waals surface area (Å²) in [6.07, 6.45) is 1.83. The Morgan fingerprint density at radius 1 is 1.31 bits per heavy atom. The van der Waals surface area contributed by atoms with E-state index in [0.717, 1.165) is 0 Å². The molecule has 0 saturated heterocycles. The maximum absolute atomic E-state index is 12.5. The summed E-state index contributed by atoms with van der Waals surface area (Å²) in [5.74, 6) is 0.705. The summed E-state index contributed by atoms with van der Waals surface area (Å²) < 4.78 is 5.58. The number of amides is 2. The van der Waals surface area contributed by atoms with Gasteiger partial charge in [0.1, 0.15) is 18.1 Å². The molecule has 0 unspecified atom stereocenters. The number of nitrogens with zero attached hydrogens (tertiary/aromatic N) is 4. The second-order valence-corrected chi connectivity index (χ2v) is 6.39. The fourth-order valence-electron chi connectivity index (χ4n) is 2.53. The molecule has 2 heterocycles. The monoisotopic (exact) mass is 373 g/mol. The zero-order valence-electron chi connectivity index (χ0n) is 14.7. The Hall–Kier alpha value is -2.68. The molecule has 8 nitrogen and oxygen atoms in total. The summed E-state index contributed by atoms with van der Waals surface area (Å²) in [5, 5.41) is 3.19. The van der Waals surface area contributed by atoms with Crippen LogP contribution in [0.1, 0.15) is 19.7 Å². The molecule has 2 aromatic rings. The highest BCUT2D eigenvalue weighted by Gasteiger charge is 2.32. The van der Waals surface area contributed by atoms with Gasteiger partial charge < -0.3 is 4.74 Å². The molecule has 9 heteroatoms. The van der Waals surface area contributed by atoms with E-state index in [4.69, 9.17) is 4.74 Å². The number of benzene rings is 1. The number of hydrogen-bond donors (Lipinski definition) is 1. The van der Waals surface area contributed by atoms with Gasteiger partial charge in [-0.15, -0.1) is 0 Å². The van der Waals surface area contributed by atoms with Gasteiger partial charge in [0.25, 0.3) is 5.91 Å². The van der Waals surface area contributed by atoms with E-state index in [1.165, 1.54) is 16.7 Å². The van der Waals surface area contributed by atoms with Crippen LogP contribution in [0.15, 0.2) is 29.4 Å². The van der Waals surface area contributed by atoms with Crippen molar-refractivity contribution in [3.63, 3.8) is 0 Å². The van der Waals surface area contributed by atoms with Crippen molar-refractivity contribution in [3.8, 4) is 5.75 Å². The highest BCUT2D eigenvalue weighted by atomic mass is 32.2. The lowest BCUT2D eigenvalue weighted by molar-refractivity contribution is -0.127. The molecule has 0 saturated carbocycles. The molecule has 0 radical (unpaired) electrons. The van der Waals surface area contributed by atoms with Gasteiger partial charge >= 0.3 is 0 Å². The van der Waals surface area contributed by atoms with Crippen LogP contribution in [0, 0.1) is 0 Å². The quantitative estimate of drug-likeness (QED) is 0.800. The lowest BCUT2D eigenvalue weighted by Gasteiger charge is -2.32. The van der Waals surface area contributed by atoms with Gasteiger partial charge in [0.2, 0.25) is 11.9 Å². The van der Waals surface area contributed by atoms with Crippen molar-refractivity contribution in [1.82, 2.24) is 15.0 Å². The zero-order chi connectivity index (χ0) is 18.7. The third-order valence-corrected chi connectivity index (χ3v) is 4.33. The largest absolute Gasteiger partial charge is 0.479 e. The minimum absolute atomic E-state index is 0.148. The standard InChI is InChI=1S/C17H19N5O3S/c1-4-13-18-16(21-17(19-13)26-3)20-14(23)9-22-11-7-5-6-8-12(11)25-10(2)15(22)24/h5-8,10H,4,9H2,1-3H3,(H,18,19,20,21,23)/t10-/m0/s1. The number of rotatable bonds is 5. The number of fused-ring (bicyclic) bond motifs is 1. The second-order valence-electron chi connectivity index (χ2n) is 5.62. The molecule has 0 fully saturated rings. The van der Waals surface area contributed by atoms with Crippen molar-refractivity contribution >= 4 is 35.2 Å². The van der Waals surface area contributed by atoms with E-state index in [2.05, 4.69) is 20.3 Å². The van der Waals surface area contributed by atoms with Crippen LogP contribution in [-0.4, -0.2) is 45.7 Å². The Morgan fingerprint density at radius 3 is 2.81 bits per heavy atom. The molecule has 0 aliphatic carbocycles. The Balaban J connectivity index is 1.79. The number of para-hydroxylation sites is 2. The molecule has 0 spiro atoms. The number of hydrogen-bond acceptors (Lipinski definition) is 7. The van der Waals surface area contributed by atoms with Crippen LogP contribution in [0.25, 0.3) is 0 Å². The number of carbonyl (C=O) groups is 2. The Kier molecular flexibility index (Phi) is 5.36. The summed E-state index contributed by atoms with van der Waals surface area (Å²) in [7, 11) is 0. The van der Waals surface area contributed by atoms with Gasteiger partial charge in [-0.2, -0.15) is 9.97 Å². The number of nitrogens with one attached hydrogen (secondary N) is 1. The van der Waals surface area contributed by atoms with Crippen LogP contribution >= 0.6 is 11.8 Å². The average molecular weight is 373 g/mol. The van der Waals surface area contributed by atoms with E-state index >= 15 is 0 Å². The van der Waals surface area contributed by atoms with E-state index < -0.39 is 6.10 Å². The van der Waals surface area contributed by atoms with Gasteiger partial charge in [-0.3, -0.25) is 19.8 Å². The van der Waals surface area contributed by atoms with Crippen molar-refractivity contribution in [3.05, 3.63) is 30.1 Å². The average Bonchev–Trinajstić information content (AvgIpc) is 2.65. The molecule has 26 heavy (non-hydrogen) atoms. The number of carbonyl (C=O) groups excluding carboxylic acids is 2. The van der Waals surface area contributed by atoms with Crippen molar-refractivity contribution in [2.45, 2.75) is 31.5 Å². The van der Waals surface area contributed by atoms with E-state index in [0.29, 0.717) is 28.8 Å². The van der Waals surface area contributed by atoms with Gasteiger partial charge in [-0.25, -0.2) is 4.98 Å². The highest BCUT2D eigenvalue weighted by molar-refractivity contribution is 7.98. The fraction of sp³-hybridized carbons (Fsp3) is 0.353. The smallest absolute Gasteiger partial charge is 0.268 e. The van der Waals surface area contributed by atoms with Crippen LogP contribution < -0.4 is 15.0 Å². The molecule has 1 atom stereocenters. The Bertz CT molecular complexity index is 823. The maximum atomic E-state index is 12.5. The molecule has 1 N–H and O–H groups in total. The normalized spacial score (nSPS) is 16.0. The summed E-state index contributed by atoms with van der Waals surface area (Å²) in [6, 6.07) is 7.13. The maximum Gasteiger partial charge on any atom is 0.268 e. The summed E-state index contributed by atoms with van der Waals surface area (Å²) in [4.78, 5) is 39.0. The van der Waals surface area contributed by atoms with Crippen LogP contribution in [0.5, 0.6) is 5.75 Å². The number of anilines is 2. The van der Waals surface area contributed by atoms with E-state index in [1.807, 2.05) is 19.2 Å². The minimum Gasteiger partial charge on any atom is -0.479 e. The molecule has 1 aliphatic heterocycles. The number of aryl methyl sites for hydroxylation is 1. The van der Waals surface area contributed by atoms with Crippen molar-refractivity contribution in [2.24, 2.45) is 0 Å². The Labute approximate surface area is 155 Å². The summed E-state index contributed by atoms with van der Waals surface area (Å²) >= 11 is 1.37. The van der Waals surface area contributed by atoms with Crippen molar-refractivity contribution < 1.29 is 14.3 Å². The predicted octanol–water partition coefficient (Wildman–Crippen LogP) is 1.91. The summed E-state index contributed by atoms with van der Waals surface area (Å²) in [5.41, 5.74) is 0.570. The van der Waals surface area contributed by atoms with Crippen LogP contribution in [0.2, 0.25) is 0 Å². The number of aromatic nitrogens is 3. The van der Waals surface area contributed by atoms with Gasteiger partial charge in [-0.05, 0) is 25.3 Å². The lowest BCUT2D eigenvalue weighted by atomic mass is 10.2. The number of thioether (sulfide) groups is 1. The molecular weight excluding hydrogens is 354 g/mol. The second kappa shape index (κ2) is 7.69. The van der Waals surface area contributed by atoms with Gasteiger partial charge in [0.05, 0.1) is 5.69 Å². The first-order valence-corrected chi connectivity index (χ1v) is 9.40. The molecule has 1 aliphatic rings. The van der Waals surface area contributed by atoms with Crippen LogP contribution in [0.3, 0.4) is 0 Å². The molecule has 1 aromatic carbocycles. The van der Waals surface area contributed by atoms with Gasteiger partial charge in [0.15, 0.2) is 11.3 Å². The van der Waals surface area contributed by atoms with E-state index in [9.17, 15) is 9.59 Å². The first-order chi connectivity index (χ1) is 12.5. The lowest BCUT2D eigenvalue weighted by Crippen LogP contribution is -2.47. The third-order valence-electron chi connectivity index (χ3n) is 3.79. The van der Waals surface area contributed by atoms with E-state index in [1.54, 1.807) is 25.1 Å². The molecule has 136 valence electrons. The fourth-order valence-corrected chi connectivity index (χ4v) is 2.91. The zero-order valence-corrected chi connectivity index (χ0v) is 15.5. The van der Waals surface area contributed by atoms with Gasteiger partial charge in [0, 0.05) is 6.42 Å². The van der Waals surface area contributed by atoms with Crippen LogP contribution in [-0.2, 0) is 16.0 Å².